The van der Waals surface area contributed by atoms with Crippen LogP contribution < -0.4 is 5.32 Å². The highest BCUT2D eigenvalue weighted by molar-refractivity contribution is 6.35. The maximum Gasteiger partial charge on any atom is 0.0453 e. The van der Waals surface area contributed by atoms with Crippen molar-refractivity contribution in [1.29, 1.82) is 0 Å². The van der Waals surface area contributed by atoms with Crippen molar-refractivity contribution in [3.05, 3.63) is 33.8 Å². The number of rotatable bonds is 5. The van der Waals surface area contributed by atoms with Crippen LogP contribution in [-0.4, -0.2) is 12.6 Å². The number of nitrogens with one attached hydrogen (secondary N) is 1. The van der Waals surface area contributed by atoms with Gasteiger partial charge < -0.3 is 5.32 Å². The standard InChI is InChI=1S/C12H17Cl2N/c1-3-9(2)15-8-7-10-11(13)5-4-6-12(10)14/h4-6,9,15H,3,7-8H2,1-2H3. The van der Waals surface area contributed by atoms with Crippen molar-refractivity contribution < 1.29 is 0 Å². The first-order chi connectivity index (χ1) is 7.15. The Hall–Kier alpha value is -0.240. The molecule has 1 atom stereocenters. The van der Waals surface area contributed by atoms with Crippen LogP contribution in [0.1, 0.15) is 25.8 Å². The summed E-state index contributed by atoms with van der Waals surface area (Å²) in [6, 6.07) is 6.18. The average molecular weight is 246 g/mol. The zero-order valence-corrected chi connectivity index (χ0v) is 10.7. The van der Waals surface area contributed by atoms with Crippen LogP contribution in [0.25, 0.3) is 0 Å². The van der Waals surface area contributed by atoms with Gasteiger partial charge in [-0.05, 0) is 44.0 Å². The van der Waals surface area contributed by atoms with E-state index in [1.54, 1.807) is 0 Å². The highest BCUT2D eigenvalue weighted by atomic mass is 35.5. The van der Waals surface area contributed by atoms with Gasteiger partial charge in [0.05, 0.1) is 0 Å². The van der Waals surface area contributed by atoms with E-state index in [1.807, 2.05) is 18.2 Å². The molecule has 1 nitrogen and oxygen atoms in total. The van der Waals surface area contributed by atoms with Crippen LogP contribution in [0.4, 0.5) is 0 Å². The molecule has 1 rings (SSSR count). The molecule has 1 N–H and O–H groups in total. The van der Waals surface area contributed by atoms with Gasteiger partial charge in [0.2, 0.25) is 0 Å². The monoisotopic (exact) mass is 245 g/mol. The van der Waals surface area contributed by atoms with Gasteiger partial charge in [0.15, 0.2) is 0 Å². The molecule has 0 radical (unpaired) electrons. The summed E-state index contributed by atoms with van der Waals surface area (Å²) in [7, 11) is 0. The van der Waals surface area contributed by atoms with E-state index in [2.05, 4.69) is 19.2 Å². The Balaban J connectivity index is 2.50. The molecule has 0 heterocycles. The molecule has 0 fully saturated rings. The molecule has 3 heteroatoms. The van der Waals surface area contributed by atoms with Crippen LogP contribution in [0.3, 0.4) is 0 Å². The average Bonchev–Trinajstić information content (AvgIpc) is 2.22. The first kappa shape index (κ1) is 12.8. The fraction of sp³-hybridized carbons (Fsp3) is 0.500. The molecule has 0 spiro atoms. The third kappa shape index (κ3) is 4.02. The van der Waals surface area contributed by atoms with Crippen LogP contribution in [0.2, 0.25) is 10.0 Å². The van der Waals surface area contributed by atoms with Crippen LogP contribution in [0.5, 0.6) is 0 Å². The van der Waals surface area contributed by atoms with E-state index < -0.39 is 0 Å². The van der Waals surface area contributed by atoms with Gasteiger partial charge in [0.25, 0.3) is 0 Å². The highest BCUT2D eigenvalue weighted by Crippen LogP contribution is 2.24. The zero-order chi connectivity index (χ0) is 11.3. The second kappa shape index (κ2) is 6.37. The van der Waals surface area contributed by atoms with Crippen molar-refractivity contribution in [2.24, 2.45) is 0 Å². The molecular weight excluding hydrogens is 229 g/mol. The molecule has 0 aromatic heterocycles. The molecule has 0 aliphatic rings. The van der Waals surface area contributed by atoms with Gasteiger partial charge in [-0.15, -0.1) is 0 Å². The Morgan fingerprint density at radius 2 is 1.87 bits per heavy atom. The maximum absolute atomic E-state index is 6.07. The van der Waals surface area contributed by atoms with Gasteiger partial charge in [-0.1, -0.05) is 36.2 Å². The Labute approximate surface area is 102 Å². The first-order valence-electron chi connectivity index (χ1n) is 5.31. The Morgan fingerprint density at radius 3 is 2.40 bits per heavy atom. The van der Waals surface area contributed by atoms with Crippen LogP contribution in [-0.2, 0) is 6.42 Å². The minimum absolute atomic E-state index is 0.547. The second-order valence-corrected chi connectivity index (χ2v) is 4.53. The van der Waals surface area contributed by atoms with Crippen LogP contribution >= 0.6 is 23.2 Å². The molecule has 1 aromatic carbocycles. The molecule has 0 amide bonds. The Bertz CT molecular complexity index is 292. The number of hydrogen-bond acceptors (Lipinski definition) is 1. The lowest BCUT2D eigenvalue weighted by Crippen LogP contribution is -2.27. The predicted octanol–water partition coefficient (Wildman–Crippen LogP) is 3.92. The summed E-state index contributed by atoms with van der Waals surface area (Å²) in [6.07, 6.45) is 2.01. The predicted molar refractivity (Wildman–Crippen MR) is 67.9 cm³/mol. The smallest absolute Gasteiger partial charge is 0.0453 e. The van der Waals surface area contributed by atoms with Crippen molar-refractivity contribution in [2.75, 3.05) is 6.54 Å². The molecule has 0 saturated heterocycles. The lowest BCUT2D eigenvalue weighted by molar-refractivity contribution is 0.537. The zero-order valence-electron chi connectivity index (χ0n) is 9.19. The van der Waals surface area contributed by atoms with Crippen molar-refractivity contribution in [3.8, 4) is 0 Å². The third-order valence-corrected chi connectivity index (χ3v) is 3.25. The summed E-state index contributed by atoms with van der Waals surface area (Å²) < 4.78 is 0. The normalized spacial score (nSPS) is 12.8. The molecule has 0 aliphatic carbocycles. The van der Waals surface area contributed by atoms with Crippen LogP contribution in [0, 0.1) is 0 Å². The molecule has 0 saturated carbocycles. The van der Waals surface area contributed by atoms with Crippen molar-refractivity contribution in [3.63, 3.8) is 0 Å². The van der Waals surface area contributed by atoms with Crippen molar-refractivity contribution >= 4 is 23.2 Å². The lowest BCUT2D eigenvalue weighted by atomic mass is 10.1. The summed E-state index contributed by atoms with van der Waals surface area (Å²) in [4.78, 5) is 0. The molecule has 0 bridgehead atoms. The van der Waals surface area contributed by atoms with Gasteiger partial charge >= 0.3 is 0 Å². The highest BCUT2D eigenvalue weighted by Gasteiger charge is 2.05. The fourth-order valence-electron chi connectivity index (χ4n) is 1.36. The maximum atomic E-state index is 6.07. The van der Waals surface area contributed by atoms with Gasteiger partial charge in [-0.3, -0.25) is 0 Å². The SMILES string of the molecule is CCC(C)NCCc1c(Cl)cccc1Cl. The molecule has 1 aromatic rings. The second-order valence-electron chi connectivity index (χ2n) is 3.71. The Kier molecular flexibility index (Phi) is 5.44. The molecule has 0 aliphatic heterocycles. The lowest BCUT2D eigenvalue weighted by Gasteiger charge is -2.12. The van der Waals surface area contributed by atoms with E-state index in [0.717, 1.165) is 35.0 Å². The topological polar surface area (TPSA) is 12.0 Å². The molecule has 84 valence electrons. The Morgan fingerprint density at radius 1 is 1.27 bits per heavy atom. The first-order valence-corrected chi connectivity index (χ1v) is 6.07. The van der Waals surface area contributed by atoms with E-state index >= 15 is 0 Å². The van der Waals surface area contributed by atoms with Crippen molar-refractivity contribution in [1.82, 2.24) is 5.32 Å². The largest absolute Gasteiger partial charge is 0.314 e. The summed E-state index contributed by atoms with van der Waals surface area (Å²) in [5, 5.41) is 4.93. The molecular formula is C12H17Cl2N. The summed E-state index contributed by atoms with van der Waals surface area (Å²) >= 11 is 12.1. The van der Waals surface area contributed by atoms with E-state index in [1.165, 1.54) is 0 Å². The van der Waals surface area contributed by atoms with E-state index in [-0.39, 0.29) is 0 Å². The third-order valence-electron chi connectivity index (χ3n) is 2.54. The van der Waals surface area contributed by atoms with E-state index in [9.17, 15) is 0 Å². The minimum Gasteiger partial charge on any atom is -0.314 e. The van der Waals surface area contributed by atoms with Gasteiger partial charge in [0, 0.05) is 16.1 Å². The quantitative estimate of drug-likeness (QED) is 0.830. The number of halogens is 2. The number of benzene rings is 1. The van der Waals surface area contributed by atoms with Crippen molar-refractivity contribution in [2.45, 2.75) is 32.7 Å². The van der Waals surface area contributed by atoms with Gasteiger partial charge in [0.1, 0.15) is 0 Å². The van der Waals surface area contributed by atoms with E-state index in [4.69, 9.17) is 23.2 Å². The van der Waals surface area contributed by atoms with Crippen LogP contribution in [0.15, 0.2) is 18.2 Å². The minimum atomic E-state index is 0.547. The molecule has 1 unspecified atom stereocenters. The van der Waals surface area contributed by atoms with Gasteiger partial charge in [-0.25, -0.2) is 0 Å². The molecule has 15 heavy (non-hydrogen) atoms. The number of hydrogen-bond donors (Lipinski definition) is 1. The summed E-state index contributed by atoms with van der Waals surface area (Å²) in [5.74, 6) is 0. The summed E-state index contributed by atoms with van der Waals surface area (Å²) in [6.45, 7) is 5.26. The summed E-state index contributed by atoms with van der Waals surface area (Å²) in [5.41, 5.74) is 1.04. The fourth-order valence-corrected chi connectivity index (χ4v) is 1.95. The van der Waals surface area contributed by atoms with E-state index in [0.29, 0.717) is 6.04 Å². The van der Waals surface area contributed by atoms with Gasteiger partial charge in [-0.2, -0.15) is 0 Å².